The van der Waals surface area contributed by atoms with Gasteiger partial charge in [0.1, 0.15) is 11.6 Å². The van der Waals surface area contributed by atoms with E-state index in [-0.39, 0.29) is 18.4 Å². The van der Waals surface area contributed by atoms with Crippen molar-refractivity contribution in [2.45, 2.75) is 108 Å². The van der Waals surface area contributed by atoms with Crippen LogP contribution in [0.2, 0.25) is 0 Å². The molecule has 18 nitrogen and oxygen atoms in total. The van der Waals surface area contributed by atoms with Crippen molar-refractivity contribution in [1.82, 2.24) is 34.6 Å². The highest BCUT2D eigenvalue weighted by Crippen LogP contribution is 2.38. The first-order valence-corrected chi connectivity index (χ1v) is 30.7. The molecule has 84 heavy (non-hydrogen) atoms. The van der Waals surface area contributed by atoms with Gasteiger partial charge in [-0.05, 0) is 86.3 Å². The second-order valence-corrected chi connectivity index (χ2v) is 23.9. The van der Waals surface area contributed by atoms with E-state index < -0.39 is 0 Å². The average Bonchev–Trinajstić information content (AvgIpc) is 3.70. The van der Waals surface area contributed by atoms with E-state index >= 15 is 0 Å². The molecule has 4 aromatic carbocycles. The van der Waals surface area contributed by atoms with Crippen LogP contribution in [0.3, 0.4) is 0 Å². The molecule has 0 aliphatic carbocycles. The zero-order chi connectivity index (χ0) is 56.9. The maximum Gasteiger partial charge on any atom is 0.318 e. The van der Waals surface area contributed by atoms with E-state index in [4.69, 9.17) is 38.9 Å². The van der Waals surface area contributed by atoms with Crippen LogP contribution in [0, 0.1) is 28.6 Å². The van der Waals surface area contributed by atoms with Gasteiger partial charge in [0.2, 0.25) is 5.91 Å². The van der Waals surface area contributed by atoms with E-state index in [2.05, 4.69) is 133 Å². The summed E-state index contributed by atoms with van der Waals surface area (Å²) in [5, 5.41) is 23.8. The third-order valence-corrected chi connectivity index (χ3v) is 18.7. The number of aromatic nitrogens is 4. The van der Waals surface area contributed by atoms with Crippen LogP contribution in [0.25, 0.3) is 21.5 Å². The van der Waals surface area contributed by atoms with Crippen molar-refractivity contribution in [1.29, 1.82) is 10.5 Å². The molecule has 0 spiro atoms. The van der Waals surface area contributed by atoms with Gasteiger partial charge in [-0.15, -0.1) is 0 Å². The van der Waals surface area contributed by atoms with Gasteiger partial charge in [-0.2, -0.15) is 30.5 Å². The van der Waals surface area contributed by atoms with Gasteiger partial charge in [-0.3, -0.25) is 14.6 Å². The van der Waals surface area contributed by atoms with Crippen molar-refractivity contribution in [2.75, 3.05) is 118 Å². The highest BCUT2D eigenvalue weighted by molar-refractivity contribution is 5.95. The number of nitriles is 2. The van der Waals surface area contributed by atoms with Crippen LogP contribution in [0.1, 0.15) is 73.9 Å². The second kappa shape index (κ2) is 25.3. The summed E-state index contributed by atoms with van der Waals surface area (Å²) in [7, 11) is 0. The number of fused-ring (bicyclic) bond motifs is 8. The number of piperidine rings is 1. The lowest BCUT2D eigenvalue weighted by molar-refractivity contribution is -0.128. The fourth-order valence-electron chi connectivity index (χ4n) is 14.5. The van der Waals surface area contributed by atoms with Crippen molar-refractivity contribution in [3.63, 3.8) is 0 Å². The van der Waals surface area contributed by atoms with Gasteiger partial charge in [0, 0.05) is 124 Å². The summed E-state index contributed by atoms with van der Waals surface area (Å²) in [5.74, 6) is 2.14. The summed E-state index contributed by atoms with van der Waals surface area (Å²) in [6.45, 7) is 17.3. The molecule has 0 radical (unpaired) electrons. The number of morpholine rings is 2. The molecule has 1 amide bonds. The molecule has 0 N–H and O–H groups in total. The third-order valence-electron chi connectivity index (χ3n) is 18.7. The Morgan fingerprint density at radius 1 is 0.619 bits per heavy atom. The molecule has 6 saturated heterocycles. The topological polar surface area (TPSA) is 176 Å². The molecule has 2 unspecified atom stereocenters. The Kier molecular flexibility index (Phi) is 16.7. The summed E-state index contributed by atoms with van der Waals surface area (Å²) in [6, 6.07) is 36.5. The van der Waals surface area contributed by atoms with Crippen LogP contribution in [-0.2, 0) is 40.2 Å². The molecular weight excluding hydrogens is 1050 g/mol. The van der Waals surface area contributed by atoms with Gasteiger partial charge >= 0.3 is 12.0 Å². The van der Waals surface area contributed by atoms with E-state index in [0.717, 1.165) is 146 Å². The van der Waals surface area contributed by atoms with Gasteiger partial charge in [0.15, 0.2) is 0 Å². The summed E-state index contributed by atoms with van der Waals surface area (Å²) < 4.78 is 24.0. The van der Waals surface area contributed by atoms with Crippen molar-refractivity contribution in [3.8, 4) is 24.2 Å². The van der Waals surface area contributed by atoms with Gasteiger partial charge < -0.3 is 43.4 Å². The predicted octanol–water partition coefficient (Wildman–Crippen LogP) is 8.12. The normalized spacial score (nSPS) is 23.7. The van der Waals surface area contributed by atoms with E-state index in [1.807, 2.05) is 0 Å². The number of hydrogen-bond acceptors (Lipinski definition) is 17. The Labute approximate surface area is 493 Å². The highest BCUT2D eigenvalue weighted by atomic mass is 16.5. The smallest absolute Gasteiger partial charge is 0.318 e. The number of hydrogen-bond donors (Lipinski definition) is 0. The number of benzene rings is 4. The zero-order valence-corrected chi connectivity index (χ0v) is 48.3. The number of carbonyl (C=O) groups excluding carboxylic acids is 1. The molecule has 10 heterocycles. The number of carbonyl (C=O) groups is 1. The first-order chi connectivity index (χ1) is 41.4. The number of ether oxygens (including phenoxy) is 4. The summed E-state index contributed by atoms with van der Waals surface area (Å²) >= 11 is 0. The average molecular weight is 1130 g/mol. The first-order valence-electron chi connectivity index (χ1n) is 30.7. The van der Waals surface area contributed by atoms with E-state index in [1.54, 1.807) is 4.90 Å². The van der Waals surface area contributed by atoms with E-state index in [1.165, 1.54) is 51.0 Å². The SMILES string of the molecule is C=CC(=O)N1CCN(c2nc(OCCCN3C[C@@H]4C[C@H]3CO4)nc3c2CCN(c2cccc4ccccc24)C3)CC1CC#N.N#CCC1CCCN(c2nc(OCCCN3C[C@@H]4C[C@H]3CO4)nc3c2CCN(c2cccc4ccccc24)C3)C1. The summed E-state index contributed by atoms with van der Waals surface area (Å²) in [5.41, 5.74) is 6.86. The lowest BCUT2D eigenvalue weighted by atomic mass is 9.94. The molecule has 6 atom stereocenters. The van der Waals surface area contributed by atoms with E-state index in [9.17, 15) is 15.3 Å². The Morgan fingerprint density at radius 2 is 1.15 bits per heavy atom. The quantitative estimate of drug-likeness (QED) is 0.0632. The maximum absolute atomic E-state index is 12.5. The van der Waals surface area contributed by atoms with Crippen LogP contribution < -0.4 is 29.1 Å². The fraction of sp³-hybridized carbons (Fsp3) is 0.500. The van der Waals surface area contributed by atoms with Gasteiger partial charge in [0.05, 0.1) is 87.7 Å². The van der Waals surface area contributed by atoms with Gasteiger partial charge in [-0.25, -0.2) is 0 Å². The molecule has 4 bridgehead atoms. The van der Waals surface area contributed by atoms with E-state index in [0.29, 0.717) is 88.0 Å². The minimum Gasteiger partial charge on any atom is -0.463 e. The van der Waals surface area contributed by atoms with Crippen molar-refractivity contribution in [3.05, 3.63) is 120 Å². The summed E-state index contributed by atoms with van der Waals surface area (Å²) in [6.07, 6.45) is 11.1. The zero-order valence-electron chi connectivity index (χ0n) is 48.3. The Bertz CT molecular complexity index is 3430. The Morgan fingerprint density at radius 3 is 1.67 bits per heavy atom. The number of rotatable bonds is 17. The van der Waals surface area contributed by atoms with Crippen LogP contribution in [-0.4, -0.2) is 169 Å². The first kappa shape index (κ1) is 55.6. The van der Waals surface area contributed by atoms with Gasteiger partial charge in [0.25, 0.3) is 0 Å². The number of piperazine rings is 1. The third kappa shape index (κ3) is 11.9. The van der Waals surface area contributed by atoms with Crippen molar-refractivity contribution in [2.24, 2.45) is 5.92 Å². The van der Waals surface area contributed by atoms with Crippen LogP contribution >= 0.6 is 0 Å². The minimum atomic E-state index is -0.232. The fourth-order valence-corrected chi connectivity index (χ4v) is 14.5. The Balaban J connectivity index is 0.000000157. The standard InChI is InChI=1S/C34H39N7O3.C32H38N6O2/c1-2-32(42)41-17-16-40(20-25(41)11-13-35)33-29-12-15-39(31-10-5-8-24-7-3-4-9-28(24)31)22-30(29)36-34(37-33)43-18-6-14-38-21-27-19-26(38)23-44-27;33-13-11-23-6-4-14-38(19-23)31-28-12-16-37(30-10-3-8-24-7-1-2-9-27(24)30)21-29(28)34-32(35-31)39-17-5-15-36-20-26-18-25(36)22-40-26/h2-5,7-10,25-27H,1,6,11-12,14-23H2;1-3,7-10,23,25-26H,4-6,11-12,14-22H2/t25?,26-,27-;23?,25-,26-/m00/s1. The lowest BCUT2D eigenvalue weighted by Crippen LogP contribution is -2.55. The molecule has 6 aromatic rings. The highest BCUT2D eigenvalue weighted by Gasteiger charge is 2.40. The van der Waals surface area contributed by atoms with Crippen LogP contribution in [0.5, 0.6) is 12.0 Å². The molecule has 0 saturated carbocycles. The number of likely N-dealkylation sites (tertiary alicyclic amines) is 2. The van der Waals surface area contributed by atoms with Crippen LogP contribution in [0.4, 0.5) is 23.0 Å². The maximum atomic E-state index is 12.5. The van der Waals surface area contributed by atoms with Gasteiger partial charge in [-0.1, -0.05) is 79.4 Å². The molecule has 8 aliphatic heterocycles. The minimum absolute atomic E-state index is 0.137. The summed E-state index contributed by atoms with van der Waals surface area (Å²) in [4.78, 5) is 48.8. The predicted molar refractivity (Wildman–Crippen MR) is 324 cm³/mol. The van der Waals surface area contributed by atoms with Crippen molar-refractivity contribution < 1.29 is 23.7 Å². The number of nitrogens with zero attached hydrogens (tertiary/aromatic N) is 13. The molecule has 14 rings (SSSR count). The lowest BCUT2D eigenvalue weighted by Gasteiger charge is -2.42. The second-order valence-electron chi connectivity index (χ2n) is 23.9. The molecule has 6 fully saturated rings. The number of anilines is 4. The number of amides is 1. The molecule has 18 heteroatoms. The molecule has 8 aliphatic rings. The van der Waals surface area contributed by atoms with Crippen LogP contribution in [0.15, 0.2) is 97.6 Å². The Hall–Kier alpha value is -7.61. The molecular formula is C66H77N13O5. The molecule has 436 valence electrons. The van der Waals surface area contributed by atoms with Crippen molar-refractivity contribution >= 4 is 50.5 Å². The monoisotopic (exact) mass is 1130 g/mol. The molecule has 2 aromatic heterocycles. The largest absolute Gasteiger partial charge is 0.463 e.